The first-order chi connectivity index (χ1) is 29.2. The fourth-order valence-electron chi connectivity index (χ4n) is 10.5. The Hall–Kier alpha value is -5.64. The molecule has 0 atom stereocenters. The van der Waals surface area contributed by atoms with Crippen molar-refractivity contribution in [2.24, 2.45) is 0 Å². The van der Waals surface area contributed by atoms with Crippen LogP contribution < -0.4 is 0 Å². The molecule has 0 spiro atoms. The smallest absolute Gasteiger partial charge is 0.308 e. The molecule has 8 aromatic rings. The quantitative estimate of drug-likeness (QED) is 0.0951. The predicted octanol–water partition coefficient (Wildman–Crippen LogP) is 16.2. The lowest BCUT2D eigenvalue weighted by Gasteiger charge is -2.25. The average Bonchev–Trinajstić information content (AvgIpc) is 3.79. The van der Waals surface area contributed by atoms with Gasteiger partial charge in [0, 0.05) is 21.5 Å². The molecule has 2 heterocycles. The van der Waals surface area contributed by atoms with Gasteiger partial charge in [0.15, 0.2) is 23.3 Å². The van der Waals surface area contributed by atoms with Gasteiger partial charge in [-0.15, -0.1) is 0 Å². The van der Waals surface area contributed by atoms with Gasteiger partial charge in [0.25, 0.3) is 0 Å². The van der Waals surface area contributed by atoms with E-state index in [1.54, 1.807) is 0 Å². The number of aromatic nitrogens is 2. The van der Waals surface area contributed by atoms with E-state index in [1.807, 2.05) is 111 Å². The highest BCUT2D eigenvalue weighted by molar-refractivity contribution is 6.17. The highest BCUT2D eigenvalue weighted by Crippen LogP contribution is 2.51. The lowest BCUT2D eigenvalue weighted by Crippen LogP contribution is -2.17. The number of halogens is 8. The fraction of sp³-hybridized carbons (Fsp3) is 0.321. The molecule has 0 fully saturated rings. The highest BCUT2D eigenvalue weighted by atomic mass is 19.4. The second-order valence-corrected chi connectivity index (χ2v) is 17.9. The summed E-state index contributed by atoms with van der Waals surface area (Å²) >= 11 is 0. The minimum atomic E-state index is -5.15. The summed E-state index contributed by atoms with van der Waals surface area (Å²) < 4.78 is 132. The SMILES string of the molecule is Cc1c(C)c(C)c2c(c1C)c1c(C)c(C)c(C)c(C)c1n2-c1cc(-c2c(F)c(F)c(F)c(F)c2F)cc(-n2c3c(C)c(C)c(C)c(C)c3c3c(C)c(C)c(C)c(C)c32)c1C(F)(F)F. The number of hydrogen-bond acceptors (Lipinski definition) is 0. The largest absolute Gasteiger partial charge is 0.420 e. The van der Waals surface area contributed by atoms with E-state index < -0.39 is 63.3 Å². The summed E-state index contributed by atoms with van der Waals surface area (Å²) in [5.74, 6) is -11.1. The Bertz CT molecular complexity index is 3060. The summed E-state index contributed by atoms with van der Waals surface area (Å²) in [5.41, 5.74) is 11.0. The first kappa shape index (κ1) is 44.0. The standard InChI is InChI=1S/C53H50F8N2/c1-19-23(5)31(13)49-38(27(19)9)39-28(10)20(2)24(6)32(14)50(39)62(49)36-17-35(42-44(54)46(56)48(58)47(57)45(42)55)18-37(43(36)53(59,60)61)63-51-33(15)25(7)21(3)29(11)40(51)41-30(12)22(4)26(8)34(16)52(41)63/h17-18H,1-16H3. The maximum absolute atomic E-state index is 16.9. The molecule has 2 aromatic heterocycles. The van der Waals surface area contributed by atoms with Crippen LogP contribution in [0.3, 0.4) is 0 Å². The number of rotatable bonds is 3. The van der Waals surface area contributed by atoms with Crippen LogP contribution in [0.4, 0.5) is 35.1 Å². The Morgan fingerprint density at radius 2 is 0.540 bits per heavy atom. The Balaban J connectivity index is 1.80. The van der Waals surface area contributed by atoms with Crippen LogP contribution in [0.25, 0.3) is 66.1 Å². The third-order valence-corrected chi connectivity index (χ3v) is 15.4. The van der Waals surface area contributed by atoms with Crippen LogP contribution in [-0.4, -0.2) is 9.13 Å². The summed E-state index contributed by atoms with van der Waals surface area (Å²) in [6.45, 7) is 30.6. The van der Waals surface area contributed by atoms with Gasteiger partial charge in [0.1, 0.15) is 5.56 Å². The summed E-state index contributed by atoms with van der Waals surface area (Å²) in [4.78, 5) is 0. The lowest BCUT2D eigenvalue weighted by molar-refractivity contribution is -0.137. The van der Waals surface area contributed by atoms with Crippen molar-refractivity contribution in [3.63, 3.8) is 0 Å². The van der Waals surface area contributed by atoms with E-state index in [2.05, 4.69) is 0 Å². The Labute approximate surface area is 362 Å². The average molecular weight is 867 g/mol. The van der Waals surface area contributed by atoms with Gasteiger partial charge < -0.3 is 9.13 Å². The number of nitrogens with zero attached hydrogens (tertiary/aromatic N) is 2. The number of fused-ring (bicyclic) bond motifs is 6. The zero-order valence-electron chi connectivity index (χ0n) is 38.6. The van der Waals surface area contributed by atoms with Crippen LogP contribution in [0.15, 0.2) is 12.1 Å². The molecule has 0 unspecified atom stereocenters. The maximum atomic E-state index is 16.9. The number of benzene rings is 6. The van der Waals surface area contributed by atoms with Crippen LogP contribution in [0.5, 0.6) is 0 Å². The minimum Gasteiger partial charge on any atom is -0.308 e. The van der Waals surface area contributed by atoms with Crippen molar-refractivity contribution in [1.29, 1.82) is 0 Å². The lowest BCUT2D eigenvalue weighted by atomic mass is 9.90. The molecule has 0 bridgehead atoms. The van der Waals surface area contributed by atoms with E-state index in [0.717, 1.165) is 100 Å². The van der Waals surface area contributed by atoms with Crippen molar-refractivity contribution in [2.75, 3.05) is 0 Å². The Kier molecular flexibility index (Phi) is 9.90. The van der Waals surface area contributed by atoms with Gasteiger partial charge in [-0.1, -0.05) is 0 Å². The van der Waals surface area contributed by atoms with Crippen LogP contribution in [0.2, 0.25) is 0 Å². The van der Waals surface area contributed by atoms with E-state index in [4.69, 9.17) is 0 Å². The highest BCUT2D eigenvalue weighted by Gasteiger charge is 2.42. The molecule has 63 heavy (non-hydrogen) atoms. The molecule has 0 amide bonds. The third kappa shape index (κ3) is 5.61. The summed E-state index contributed by atoms with van der Waals surface area (Å²) in [5, 5.41) is 2.88. The second-order valence-electron chi connectivity index (χ2n) is 17.9. The van der Waals surface area contributed by atoms with Crippen LogP contribution in [-0.2, 0) is 6.18 Å². The van der Waals surface area contributed by atoms with Crippen molar-refractivity contribution in [3.8, 4) is 22.5 Å². The summed E-state index contributed by atoms with van der Waals surface area (Å²) in [6.07, 6.45) is -5.15. The van der Waals surface area contributed by atoms with Crippen LogP contribution in [0.1, 0.15) is 94.6 Å². The van der Waals surface area contributed by atoms with Crippen molar-refractivity contribution in [1.82, 2.24) is 9.13 Å². The van der Waals surface area contributed by atoms with Crippen molar-refractivity contribution < 1.29 is 35.1 Å². The number of hydrogen-bond donors (Lipinski definition) is 0. The van der Waals surface area contributed by atoms with E-state index in [0.29, 0.717) is 44.3 Å². The molecule has 6 aromatic carbocycles. The van der Waals surface area contributed by atoms with Gasteiger partial charge in [0.05, 0.1) is 39.0 Å². The first-order valence-corrected chi connectivity index (χ1v) is 21.0. The normalized spacial score (nSPS) is 12.4. The maximum Gasteiger partial charge on any atom is 0.420 e. The molecular formula is C53H50F8N2. The topological polar surface area (TPSA) is 9.86 Å². The molecule has 8 rings (SSSR count). The molecule has 0 saturated carbocycles. The van der Waals surface area contributed by atoms with Gasteiger partial charge >= 0.3 is 6.18 Å². The monoisotopic (exact) mass is 866 g/mol. The van der Waals surface area contributed by atoms with Gasteiger partial charge in [-0.05, 0) is 217 Å². The fourth-order valence-corrected chi connectivity index (χ4v) is 10.5. The number of alkyl halides is 3. The van der Waals surface area contributed by atoms with Gasteiger partial charge in [0.2, 0.25) is 5.82 Å². The molecule has 2 nitrogen and oxygen atoms in total. The summed E-state index contributed by atoms with van der Waals surface area (Å²) in [7, 11) is 0. The predicted molar refractivity (Wildman–Crippen MR) is 241 cm³/mol. The summed E-state index contributed by atoms with van der Waals surface area (Å²) in [6, 6.07) is 1.90. The van der Waals surface area contributed by atoms with Crippen LogP contribution >= 0.6 is 0 Å². The molecular weight excluding hydrogens is 817 g/mol. The zero-order chi connectivity index (χ0) is 46.7. The zero-order valence-corrected chi connectivity index (χ0v) is 38.6. The van der Waals surface area contributed by atoms with Crippen LogP contribution in [0, 0.1) is 140 Å². The Morgan fingerprint density at radius 3 is 0.778 bits per heavy atom. The van der Waals surface area contributed by atoms with Gasteiger partial charge in [-0.3, -0.25) is 0 Å². The molecule has 0 aliphatic rings. The van der Waals surface area contributed by atoms with E-state index >= 15 is 30.7 Å². The third-order valence-electron chi connectivity index (χ3n) is 15.4. The van der Waals surface area contributed by atoms with Crippen molar-refractivity contribution in [2.45, 2.75) is 117 Å². The Morgan fingerprint density at radius 1 is 0.317 bits per heavy atom. The van der Waals surface area contributed by atoms with Crippen molar-refractivity contribution in [3.05, 3.63) is 136 Å². The van der Waals surface area contributed by atoms with E-state index in [1.165, 1.54) is 9.13 Å². The van der Waals surface area contributed by atoms with Gasteiger partial charge in [-0.2, -0.15) is 13.2 Å². The molecule has 0 aliphatic heterocycles. The first-order valence-electron chi connectivity index (χ1n) is 21.0. The van der Waals surface area contributed by atoms with E-state index in [-0.39, 0.29) is 0 Å². The molecule has 328 valence electrons. The van der Waals surface area contributed by atoms with E-state index in [9.17, 15) is 4.39 Å². The minimum absolute atomic E-state index is 0.451. The second kappa shape index (κ2) is 14.2. The molecule has 0 saturated heterocycles. The molecule has 0 radical (unpaired) electrons. The number of aryl methyl sites for hydroxylation is 8. The van der Waals surface area contributed by atoms with Gasteiger partial charge in [-0.25, -0.2) is 22.0 Å². The molecule has 0 N–H and O–H groups in total. The molecule has 0 aliphatic carbocycles. The molecule has 10 heteroatoms. The van der Waals surface area contributed by atoms with Crippen molar-refractivity contribution >= 4 is 43.6 Å².